The second kappa shape index (κ2) is 7.49. The summed E-state index contributed by atoms with van der Waals surface area (Å²) in [7, 11) is 0. The Hall–Kier alpha value is -2.99. The van der Waals surface area contributed by atoms with Crippen LogP contribution in [0, 0.1) is 13.8 Å². The van der Waals surface area contributed by atoms with E-state index in [1.165, 1.54) is 0 Å². The van der Waals surface area contributed by atoms with Crippen LogP contribution in [0.4, 0.5) is 0 Å². The minimum Gasteiger partial charge on any atom is -0.387 e. The highest BCUT2D eigenvalue weighted by Crippen LogP contribution is 2.21. The number of aromatic nitrogens is 3. The number of H-pyrrole nitrogens is 1. The number of benzene rings is 1. The second-order valence-electron chi connectivity index (χ2n) is 6.30. The van der Waals surface area contributed by atoms with Gasteiger partial charge < -0.3 is 10.4 Å². The Balaban J connectivity index is 1.78. The highest BCUT2D eigenvalue weighted by atomic mass is 16.3. The number of hydrogen-bond donors (Lipinski definition) is 3. The highest BCUT2D eigenvalue weighted by molar-refractivity contribution is 5.95. The maximum absolute atomic E-state index is 12.5. The molecule has 0 aliphatic heterocycles. The van der Waals surface area contributed by atoms with Gasteiger partial charge in [0.1, 0.15) is 0 Å². The molecule has 3 rings (SSSR count). The number of carbonyl (C=O) groups excluding carboxylic acids is 1. The van der Waals surface area contributed by atoms with Crippen LogP contribution in [0.25, 0.3) is 11.3 Å². The number of amides is 1. The van der Waals surface area contributed by atoms with Crippen molar-refractivity contribution in [1.82, 2.24) is 20.5 Å². The van der Waals surface area contributed by atoms with Crippen molar-refractivity contribution in [2.24, 2.45) is 0 Å². The van der Waals surface area contributed by atoms with Gasteiger partial charge in [-0.3, -0.25) is 14.9 Å². The van der Waals surface area contributed by atoms with Crippen molar-refractivity contribution in [1.29, 1.82) is 0 Å². The molecule has 0 saturated carbocycles. The molecule has 3 aromatic rings. The number of hydrogen-bond acceptors (Lipinski definition) is 4. The first-order valence-electron chi connectivity index (χ1n) is 8.50. The van der Waals surface area contributed by atoms with Crippen LogP contribution < -0.4 is 5.32 Å². The van der Waals surface area contributed by atoms with Crippen LogP contribution in [0.3, 0.4) is 0 Å². The zero-order chi connectivity index (χ0) is 18.7. The van der Waals surface area contributed by atoms with Gasteiger partial charge in [-0.2, -0.15) is 5.10 Å². The van der Waals surface area contributed by atoms with Crippen molar-refractivity contribution in [3.63, 3.8) is 0 Å². The van der Waals surface area contributed by atoms with Crippen molar-refractivity contribution in [2.45, 2.75) is 33.4 Å². The standard InChI is InChI=1S/C20H22N4O2/c1-12-17(13(2)24-23-12)11-21-20(26)16-7-4-6-15(10-16)19-9-5-8-18(22-19)14(3)25/h4-10,14,25H,11H2,1-3H3,(H,21,26)(H,23,24)/t14-/m0/s1. The van der Waals surface area contributed by atoms with E-state index in [0.717, 1.165) is 28.2 Å². The molecule has 0 fully saturated rings. The minimum absolute atomic E-state index is 0.154. The summed E-state index contributed by atoms with van der Waals surface area (Å²) < 4.78 is 0. The van der Waals surface area contributed by atoms with E-state index in [1.54, 1.807) is 25.1 Å². The molecule has 2 aromatic heterocycles. The monoisotopic (exact) mass is 350 g/mol. The largest absolute Gasteiger partial charge is 0.387 e. The van der Waals surface area contributed by atoms with Crippen LogP contribution in [0.15, 0.2) is 42.5 Å². The minimum atomic E-state index is -0.636. The Morgan fingerprint density at radius 2 is 2.00 bits per heavy atom. The summed E-state index contributed by atoms with van der Waals surface area (Å²) in [4.78, 5) is 17.0. The molecule has 0 unspecified atom stereocenters. The average Bonchev–Trinajstić information content (AvgIpc) is 2.97. The third-order valence-corrected chi connectivity index (χ3v) is 4.33. The van der Waals surface area contributed by atoms with E-state index in [4.69, 9.17) is 0 Å². The molecule has 0 aliphatic rings. The van der Waals surface area contributed by atoms with E-state index in [9.17, 15) is 9.90 Å². The molecule has 0 bridgehead atoms. The number of nitrogens with zero attached hydrogens (tertiary/aromatic N) is 2. The lowest BCUT2D eigenvalue weighted by atomic mass is 10.1. The van der Waals surface area contributed by atoms with E-state index >= 15 is 0 Å². The Labute approximate surface area is 152 Å². The topological polar surface area (TPSA) is 90.9 Å². The highest BCUT2D eigenvalue weighted by Gasteiger charge is 2.11. The quantitative estimate of drug-likeness (QED) is 0.659. The Kier molecular flexibility index (Phi) is 5.14. The van der Waals surface area contributed by atoms with Gasteiger partial charge in [-0.1, -0.05) is 18.2 Å². The summed E-state index contributed by atoms with van der Waals surface area (Å²) in [6, 6.07) is 12.8. The Morgan fingerprint density at radius 3 is 2.69 bits per heavy atom. The second-order valence-corrected chi connectivity index (χ2v) is 6.30. The van der Waals surface area contributed by atoms with E-state index < -0.39 is 6.10 Å². The van der Waals surface area contributed by atoms with Gasteiger partial charge in [0.25, 0.3) is 5.91 Å². The molecular formula is C20H22N4O2. The van der Waals surface area contributed by atoms with Crippen molar-refractivity contribution >= 4 is 5.91 Å². The van der Waals surface area contributed by atoms with Gasteiger partial charge in [0, 0.05) is 28.9 Å². The fourth-order valence-corrected chi connectivity index (χ4v) is 2.77. The molecular weight excluding hydrogens is 328 g/mol. The zero-order valence-electron chi connectivity index (χ0n) is 15.1. The molecule has 1 atom stereocenters. The van der Waals surface area contributed by atoms with E-state index in [2.05, 4.69) is 20.5 Å². The SMILES string of the molecule is Cc1n[nH]c(C)c1CNC(=O)c1cccc(-c2cccc([C@H](C)O)n2)c1. The molecule has 0 saturated heterocycles. The van der Waals surface area contributed by atoms with Crippen molar-refractivity contribution in [3.8, 4) is 11.3 Å². The lowest BCUT2D eigenvalue weighted by Gasteiger charge is -2.09. The molecule has 6 nitrogen and oxygen atoms in total. The van der Waals surface area contributed by atoms with Crippen LogP contribution in [0.5, 0.6) is 0 Å². The van der Waals surface area contributed by atoms with Crippen LogP contribution in [-0.4, -0.2) is 26.2 Å². The predicted molar refractivity (Wildman–Crippen MR) is 99.5 cm³/mol. The number of pyridine rings is 1. The lowest BCUT2D eigenvalue weighted by molar-refractivity contribution is 0.0951. The lowest BCUT2D eigenvalue weighted by Crippen LogP contribution is -2.23. The smallest absolute Gasteiger partial charge is 0.251 e. The van der Waals surface area contributed by atoms with Gasteiger partial charge in [0.15, 0.2) is 0 Å². The van der Waals surface area contributed by atoms with Crippen molar-refractivity contribution in [2.75, 3.05) is 0 Å². The summed E-state index contributed by atoms with van der Waals surface area (Å²) in [6.07, 6.45) is -0.636. The van der Waals surface area contributed by atoms with Gasteiger partial charge in [-0.05, 0) is 45.0 Å². The fourth-order valence-electron chi connectivity index (χ4n) is 2.77. The molecule has 3 N–H and O–H groups in total. The molecule has 1 amide bonds. The normalized spacial score (nSPS) is 12.0. The maximum atomic E-state index is 12.5. The van der Waals surface area contributed by atoms with Crippen molar-refractivity contribution < 1.29 is 9.90 Å². The predicted octanol–water partition coefficient (Wildman–Crippen LogP) is 3.07. The van der Waals surface area contributed by atoms with Gasteiger partial charge in [-0.15, -0.1) is 0 Å². The third kappa shape index (κ3) is 3.81. The van der Waals surface area contributed by atoms with Gasteiger partial charge >= 0.3 is 0 Å². The summed E-state index contributed by atoms with van der Waals surface area (Å²) in [5.41, 5.74) is 5.55. The average molecular weight is 350 g/mol. The van der Waals surface area contributed by atoms with Crippen LogP contribution in [0.1, 0.15) is 46.0 Å². The number of aryl methyl sites for hydroxylation is 2. The van der Waals surface area contributed by atoms with Crippen LogP contribution in [0.2, 0.25) is 0 Å². The first kappa shape index (κ1) is 17.8. The molecule has 2 heterocycles. The van der Waals surface area contributed by atoms with Crippen LogP contribution >= 0.6 is 0 Å². The Morgan fingerprint density at radius 1 is 1.23 bits per heavy atom. The molecule has 0 spiro atoms. The number of carbonyl (C=O) groups is 1. The summed E-state index contributed by atoms with van der Waals surface area (Å²) >= 11 is 0. The van der Waals surface area contributed by atoms with E-state index in [-0.39, 0.29) is 5.91 Å². The number of aliphatic hydroxyl groups excluding tert-OH is 1. The maximum Gasteiger partial charge on any atom is 0.251 e. The molecule has 0 radical (unpaired) electrons. The van der Waals surface area contributed by atoms with Gasteiger partial charge in [-0.25, -0.2) is 0 Å². The number of rotatable bonds is 5. The van der Waals surface area contributed by atoms with Crippen LogP contribution in [-0.2, 0) is 6.54 Å². The number of aromatic amines is 1. The number of nitrogens with one attached hydrogen (secondary N) is 2. The summed E-state index contributed by atoms with van der Waals surface area (Å²) in [5, 5.41) is 19.7. The number of aliphatic hydroxyl groups is 1. The zero-order valence-corrected chi connectivity index (χ0v) is 15.1. The molecule has 26 heavy (non-hydrogen) atoms. The Bertz CT molecular complexity index is 912. The van der Waals surface area contributed by atoms with Gasteiger partial charge in [0.2, 0.25) is 0 Å². The molecule has 0 aliphatic carbocycles. The first-order valence-corrected chi connectivity index (χ1v) is 8.50. The molecule has 134 valence electrons. The molecule has 1 aromatic carbocycles. The summed E-state index contributed by atoms with van der Waals surface area (Å²) in [6.45, 7) is 5.94. The fraction of sp³-hybridized carbons (Fsp3) is 0.250. The van der Waals surface area contributed by atoms with Crippen molar-refractivity contribution in [3.05, 3.63) is 70.7 Å². The van der Waals surface area contributed by atoms with E-state index in [0.29, 0.717) is 17.8 Å². The third-order valence-electron chi connectivity index (χ3n) is 4.33. The first-order chi connectivity index (χ1) is 12.5. The van der Waals surface area contributed by atoms with E-state index in [1.807, 2.05) is 38.1 Å². The van der Waals surface area contributed by atoms with Gasteiger partial charge in [0.05, 0.1) is 23.2 Å². The molecule has 6 heteroatoms. The summed E-state index contributed by atoms with van der Waals surface area (Å²) in [5.74, 6) is -0.154.